The van der Waals surface area contributed by atoms with Gasteiger partial charge in [-0.3, -0.25) is 0 Å². The highest BCUT2D eigenvalue weighted by Crippen LogP contribution is 2.32. The molecule has 2 aromatic rings. The summed E-state index contributed by atoms with van der Waals surface area (Å²) in [5.74, 6) is 1.19. The van der Waals surface area contributed by atoms with Crippen LogP contribution < -0.4 is 10.1 Å². The fourth-order valence-electron chi connectivity index (χ4n) is 1.34. The number of methoxy groups -OCH3 is 1. The van der Waals surface area contributed by atoms with E-state index in [9.17, 15) is 0 Å². The third-order valence-corrected chi connectivity index (χ3v) is 3.13. The first kappa shape index (κ1) is 13.4. The van der Waals surface area contributed by atoms with Gasteiger partial charge in [-0.15, -0.1) is 0 Å². The molecule has 1 N–H and O–H groups in total. The van der Waals surface area contributed by atoms with Gasteiger partial charge in [0.05, 0.1) is 17.3 Å². The molecule has 4 nitrogen and oxygen atoms in total. The van der Waals surface area contributed by atoms with Crippen molar-refractivity contribution in [2.75, 3.05) is 12.4 Å². The minimum Gasteiger partial charge on any atom is -0.495 e. The van der Waals surface area contributed by atoms with E-state index in [-0.39, 0.29) is 5.28 Å². The van der Waals surface area contributed by atoms with Crippen molar-refractivity contribution in [3.63, 3.8) is 0 Å². The average Bonchev–Trinajstić information content (AvgIpc) is 2.34. The molecule has 94 valence electrons. The summed E-state index contributed by atoms with van der Waals surface area (Å²) in [6, 6.07) is 5.25. The Bertz CT molecular complexity index is 580. The molecule has 1 heterocycles. The standard InChI is InChI=1S/C11H8BrCl2N3O/c1-18-9-3-2-6(13)4-8(9)16-10-7(12)5-15-11(14)17-10/h2-5H,1H3,(H,15,16,17). The maximum atomic E-state index is 5.94. The second kappa shape index (κ2) is 5.73. The van der Waals surface area contributed by atoms with Gasteiger partial charge in [-0.05, 0) is 45.7 Å². The Labute approximate surface area is 122 Å². The molecular formula is C11H8BrCl2N3O. The first-order chi connectivity index (χ1) is 8.60. The lowest BCUT2D eigenvalue weighted by Crippen LogP contribution is -1.98. The Hall–Kier alpha value is -1.04. The quantitative estimate of drug-likeness (QED) is 0.840. The largest absolute Gasteiger partial charge is 0.495 e. The molecule has 0 aliphatic rings. The van der Waals surface area contributed by atoms with Crippen molar-refractivity contribution in [2.45, 2.75) is 0 Å². The Balaban J connectivity index is 2.38. The van der Waals surface area contributed by atoms with Gasteiger partial charge in [0.15, 0.2) is 0 Å². The number of hydrogen-bond acceptors (Lipinski definition) is 4. The van der Waals surface area contributed by atoms with Gasteiger partial charge in [0, 0.05) is 11.2 Å². The van der Waals surface area contributed by atoms with Crippen LogP contribution in [0, 0.1) is 0 Å². The third-order valence-electron chi connectivity index (χ3n) is 2.13. The molecule has 0 bridgehead atoms. The van der Waals surface area contributed by atoms with Crippen LogP contribution in [0.4, 0.5) is 11.5 Å². The summed E-state index contributed by atoms with van der Waals surface area (Å²) in [5, 5.41) is 3.83. The fourth-order valence-corrected chi connectivity index (χ4v) is 1.93. The minimum absolute atomic E-state index is 0.154. The molecule has 0 radical (unpaired) electrons. The first-order valence-corrected chi connectivity index (χ1v) is 6.43. The number of hydrogen-bond donors (Lipinski definition) is 1. The minimum atomic E-state index is 0.154. The van der Waals surface area contributed by atoms with Crippen LogP contribution in [-0.4, -0.2) is 17.1 Å². The molecule has 1 aromatic heterocycles. The van der Waals surface area contributed by atoms with Gasteiger partial charge in [-0.25, -0.2) is 4.98 Å². The normalized spacial score (nSPS) is 10.2. The van der Waals surface area contributed by atoms with Gasteiger partial charge in [-0.2, -0.15) is 4.98 Å². The summed E-state index contributed by atoms with van der Waals surface area (Å²) in [6.07, 6.45) is 1.56. The zero-order valence-corrected chi connectivity index (χ0v) is 12.3. The monoisotopic (exact) mass is 347 g/mol. The topological polar surface area (TPSA) is 47.0 Å². The number of anilines is 2. The van der Waals surface area contributed by atoms with Crippen molar-refractivity contribution in [3.8, 4) is 5.75 Å². The predicted molar refractivity (Wildman–Crippen MR) is 76.0 cm³/mol. The molecule has 0 amide bonds. The molecule has 18 heavy (non-hydrogen) atoms. The summed E-state index contributed by atoms with van der Waals surface area (Å²) < 4.78 is 5.92. The van der Waals surface area contributed by atoms with Crippen molar-refractivity contribution in [1.29, 1.82) is 0 Å². The van der Waals surface area contributed by atoms with Gasteiger partial charge in [0.2, 0.25) is 5.28 Å². The highest BCUT2D eigenvalue weighted by atomic mass is 79.9. The highest BCUT2D eigenvalue weighted by molar-refractivity contribution is 9.10. The Morgan fingerprint density at radius 1 is 1.33 bits per heavy atom. The maximum Gasteiger partial charge on any atom is 0.224 e. The lowest BCUT2D eigenvalue weighted by atomic mass is 10.3. The van der Waals surface area contributed by atoms with E-state index in [1.54, 1.807) is 31.5 Å². The Morgan fingerprint density at radius 2 is 2.11 bits per heavy atom. The average molecular weight is 349 g/mol. The van der Waals surface area contributed by atoms with Gasteiger partial charge >= 0.3 is 0 Å². The van der Waals surface area contributed by atoms with E-state index in [0.29, 0.717) is 26.8 Å². The number of nitrogens with zero attached hydrogens (tertiary/aromatic N) is 2. The van der Waals surface area contributed by atoms with E-state index < -0.39 is 0 Å². The summed E-state index contributed by atoms with van der Waals surface area (Å²) >= 11 is 15.0. The van der Waals surface area contributed by atoms with E-state index in [1.165, 1.54) is 0 Å². The number of halogens is 3. The van der Waals surface area contributed by atoms with Crippen molar-refractivity contribution in [3.05, 3.63) is 39.2 Å². The molecule has 0 atom stereocenters. The van der Waals surface area contributed by atoms with Crippen molar-refractivity contribution < 1.29 is 4.74 Å². The van der Waals surface area contributed by atoms with Crippen LogP contribution in [0.3, 0.4) is 0 Å². The van der Waals surface area contributed by atoms with Crippen LogP contribution in [-0.2, 0) is 0 Å². The van der Waals surface area contributed by atoms with Crippen LogP contribution >= 0.6 is 39.1 Å². The van der Waals surface area contributed by atoms with Crippen LogP contribution in [0.15, 0.2) is 28.9 Å². The van der Waals surface area contributed by atoms with E-state index in [2.05, 4.69) is 31.2 Å². The maximum absolute atomic E-state index is 5.94. The van der Waals surface area contributed by atoms with Crippen molar-refractivity contribution in [2.24, 2.45) is 0 Å². The molecular weight excluding hydrogens is 341 g/mol. The zero-order chi connectivity index (χ0) is 13.1. The first-order valence-electron chi connectivity index (χ1n) is 4.89. The van der Waals surface area contributed by atoms with Gasteiger partial charge in [0.25, 0.3) is 0 Å². The molecule has 1 aromatic carbocycles. The Morgan fingerprint density at radius 3 is 2.83 bits per heavy atom. The number of rotatable bonds is 3. The summed E-state index contributed by atoms with van der Waals surface area (Å²) in [7, 11) is 1.58. The number of ether oxygens (including phenoxy) is 1. The van der Waals surface area contributed by atoms with E-state index >= 15 is 0 Å². The second-order valence-electron chi connectivity index (χ2n) is 3.31. The second-order valence-corrected chi connectivity index (χ2v) is 4.93. The molecule has 0 saturated heterocycles. The van der Waals surface area contributed by atoms with Crippen molar-refractivity contribution in [1.82, 2.24) is 9.97 Å². The summed E-state index contributed by atoms with van der Waals surface area (Å²) in [4.78, 5) is 7.92. The van der Waals surface area contributed by atoms with E-state index in [1.807, 2.05) is 0 Å². The van der Waals surface area contributed by atoms with Gasteiger partial charge in [-0.1, -0.05) is 11.6 Å². The van der Waals surface area contributed by atoms with Crippen LogP contribution in [0.2, 0.25) is 10.3 Å². The molecule has 0 aliphatic carbocycles. The van der Waals surface area contributed by atoms with Crippen LogP contribution in [0.5, 0.6) is 5.75 Å². The molecule has 0 unspecified atom stereocenters. The number of benzene rings is 1. The summed E-state index contributed by atoms with van der Waals surface area (Å²) in [6.45, 7) is 0. The van der Waals surface area contributed by atoms with Crippen molar-refractivity contribution >= 4 is 50.6 Å². The van der Waals surface area contributed by atoms with Gasteiger partial charge < -0.3 is 10.1 Å². The molecule has 0 fully saturated rings. The zero-order valence-electron chi connectivity index (χ0n) is 9.25. The fraction of sp³-hybridized carbons (Fsp3) is 0.0909. The predicted octanol–water partition coefficient (Wildman–Crippen LogP) is 4.30. The smallest absolute Gasteiger partial charge is 0.224 e. The van der Waals surface area contributed by atoms with E-state index in [0.717, 1.165) is 0 Å². The van der Waals surface area contributed by atoms with Crippen LogP contribution in [0.25, 0.3) is 0 Å². The Kier molecular flexibility index (Phi) is 4.27. The SMILES string of the molecule is COc1ccc(Cl)cc1Nc1nc(Cl)ncc1Br. The molecule has 7 heteroatoms. The van der Waals surface area contributed by atoms with E-state index in [4.69, 9.17) is 27.9 Å². The lowest BCUT2D eigenvalue weighted by molar-refractivity contribution is 0.417. The highest BCUT2D eigenvalue weighted by Gasteiger charge is 2.08. The molecule has 0 saturated carbocycles. The number of nitrogens with one attached hydrogen (secondary N) is 1. The molecule has 2 rings (SSSR count). The third kappa shape index (κ3) is 3.04. The molecule has 0 aliphatic heterocycles. The van der Waals surface area contributed by atoms with Crippen LogP contribution in [0.1, 0.15) is 0 Å². The van der Waals surface area contributed by atoms with Gasteiger partial charge in [0.1, 0.15) is 11.6 Å². The number of aromatic nitrogens is 2. The summed E-state index contributed by atoms with van der Waals surface area (Å²) in [5.41, 5.74) is 0.695. The lowest BCUT2D eigenvalue weighted by Gasteiger charge is -2.11. The molecule has 0 spiro atoms.